The van der Waals surface area contributed by atoms with Crippen LogP contribution in [0.4, 0.5) is 10.5 Å². The Morgan fingerprint density at radius 2 is 1.75 bits per heavy atom. The molecule has 1 aliphatic carbocycles. The lowest BCUT2D eigenvalue weighted by Crippen LogP contribution is -2.71. The van der Waals surface area contributed by atoms with Gasteiger partial charge in [0.15, 0.2) is 5.54 Å². The number of carbonyl (C=O) groups is 2. The first-order chi connectivity index (χ1) is 17.2. The lowest BCUT2D eigenvalue weighted by Gasteiger charge is -2.46. The van der Waals surface area contributed by atoms with Crippen LogP contribution in [-0.4, -0.2) is 61.0 Å². The molecule has 4 rings (SSSR count). The molecular weight excluding hydrogens is 460 g/mol. The van der Waals surface area contributed by atoms with Crippen LogP contribution in [0.1, 0.15) is 47.9 Å². The fraction of sp³-hybridized carbons (Fsp3) is 0.500. The third-order valence-corrected chi connectivity index (χ3v) is 7.56. The summed E-state index contributed by atoms with van der Waals surface area (Å²) in [4.78, 5) is 25.3. The van der Waals surface area contributed by atoms with Crippen molar-refractivity contribution in [3.8, 4) is 16.9 Å². The first-order valence-corrected chi connectivity index (χ1v) is 12.4. The van der Waals surface area contributed by atoms with Gasteiger partial charge in [0.2, 0.25) is 0 Å². The number of carboxylic acid groups (broad SMARTS) is 1. The Kier molecular flexibility index (Phi) is 7.45. The third-order valence-electron chi connectivity index (χ3n) is 7.56. The maximum absolute atomic E-state index is 12.1. The van der Waals surface area contributed by atoms with E-state index in [0.29, 0.717) is 12.3 Å². The summed E-state index contributed by atoms with van der Waals surface area (Å²) in [6, 6.07) is 8.05. The molecule has 1 saturated carbocycles. The molecule has 8 nitrogen and oxygen atoms in total. The van der Waals surface area contributed by atoms with Crippen molar-refractivity contribution in [1.82, 2.24) is 4.90 Å². The lowest BCUT2D eigenvalue weighted by molar-refractivity contribution is -0.147. The van der Waals surface area contributed by atoms with Crippen molar-refractivity contribution in [2.45, 2.75) is 64.7 Å². The number of carboxylic acids is 1. The molecular formula is C28H36N2O6. The molecule has 2 N–H and O–H groups in total. The van der Waals surface area contributed by atoms with Crippen LogP contribution in [0, 0.1) is 20.8 Å². The van der Waals surface area contributed by atoms with E-state index in [9.17, 15) is 14.7 Å². The van der Waals surface area contributed by atoms with E-state index in [-0.39, 0.29) is 19.2 Å². The quantitative estimate of drug-likeness (QED) is 0.527. The van der Waals surface area contributed by atoms with Crippen LogP contribution in [-0.2, 0) is 20.9 Å². The molecule has 2 aromatic rings. The molecule has 36 heavy (non-hydrogen) atoms. The van der Waals surface area contributed by atoms with Gasteiger partial charge in [0.05, 0.1) is 40.0 Å². The van der Waals surface area contributed by atoms with Crippen LogP contribution in [0.25, 0.3) is 11.1 Å². The van der Waals surface area contributed by atoms with Crippen molar-refractivity contribution in [2.24, 2.45) is 0 Å². The van der Waals surface area contributed by atoms with Gasteiger partial charge in [-0.25, -0.2) is 9.59 Å². The number of ether oxygens (including phenoxy) is 3. The van der Waals surface area contributed by atoms with Gasteiger partial charge in [0.25, 0.3) is 0 Å². The molecule has 8 heteroatoms. The highest BCUT2D eigenvalue weighted by molar-refractivity contribution is 5.88. The van der Waals surface area contributed by atoms with Crippen molar-refractivity contribution < 1.29 is 28.9 Å². The van der Waals surface area contributed by atoms with Gasteiger partial charge < -0.3 is 29.5 Å². The minimum atomic E-state index is -1.27. The van der Waals surface area contributed by atoms with Gasteiger partial charge in [-0.2, -0.15) is 0 Å². The molecule has 0 unspecified atom stereocenters. The number of aliphatic carboxylic acids is 1. The summed E-state index contributed by atoms with van der Waals surface area (Å²) in [6.07, 6.45) is 4.21. The van der Waals surface area contributed by atoms with Gasteiger partial charge in [0, 0.05) is 5.69 Å². The van der Waals surface area contributed by atoms with E-state index in [1.807, 2.05) is 18.2 Å². The summed E-state index contributed by atoms with van der Waals surface area (Å²) < 4.78 is 16.7. The Hall–Kier alpha value is -3.26. The zero-order chi connectivity index (χ0) is 26.0. The molecule has 1 aliphatic heterocycles. The molecule has 2 aromatic carbocycles. The number of anilines is 1. The number of aryl methyl sites for hydroxylation is 1. The standard InChI is InChI=1S/C28H36N2O6/c1-17-12-24(19(3)25(34-4)18(17)2)23-11-10-21(13-20(23)14-36-22-8-6-7-9-22)29-28(26(31)32)15-30(16-28)27(33)35-5/h10-13,22,29H,6-9,14-16H2,1-5H3,(H,31,32). The SMILES string of the molecule is COC(=O)N1CC(Nc2ccc(-c3cc(C)c(C)c(OC)c3C)c(COC3CCCC3)c2)(C(=O)O)C1. The maximum Gasteiger partial charge on any atom is 0.409 e. The normalized spacial score (nSPS) is 17.0. The molecule has 194 valence electrons. The molecule has 0 aromatic heterocycles. The molecule has 2 aliphatic rings. The van der Waals surface area contributed by atoms with E-state index in [1.54, 1.807) is 7.11 Å². The van der Waals surface area contributed by atoms with Gasteiger partial charge >= 0.3 is 12.1 Å². The van der Waals surface area contributed by atoms with Crippen molar-refractivity contribution in [2.75, 3.05) is 32.6 Å². The van der Waals surface area contributed by atoms with E-state index < -0.39 is 17.6 Å². The molecule has 2 fully saturated rings. The number of hydrogen-bond acceptors (Lipinski definition) is 6. The third kappa shape index (κ3) is 4.87. The van der Waals surface area contributed by atoms with Gasteiger partial charge in [-0.1, -0.05) is 25.0 Å². The molecule has 0 spiro atoms. The number of methoxy groups -OCH3 is 2. The fourth-order valence-electron chi connectivity index (χ4n) is 5.33. The van der Waals surface area contributed by atoms with Crippen molar-refractivity contribution in [3.05, 3.63) is 46.5 Å². The van der Waals surface area contributed by atoms with Crippen LogP contribution >= 0.6 is 0 Å². The topological polar surface area (TPSA) is 97.3 Å². The maximum atomic E-state index is 12.1. The number of benzene rings is 2. The Balaban J connectivity index is 1.69. The van der Waals surface area contributed by atoms with Crippen molar-refractivity contribution in [3.63, 3.8) is 0 Å². The molecule has 1 saturated heterocycles. The van der Waals surface area contributed by atoms with Gasteiger partial charge in [0.1, 0.15) is 5.75 Å². The number of hydrogen-bond donors (Lipinski definition) is 2. The summed E-state index contributed by atoms with van der Waals surface area (Å²) in [5, 5.41) is 13.1. The zero-order valence-electron chi connectivity index (χ0n) is 21.8. The van der Waals surface area contributed by atoms with Crippen LogP contribution in [0.5, 0.6) is 5.75 Å². The lowest BCUT2D eigenvalue weighted by atomic mass is 9.88. The summed E-state index contributed by atoms with van der Waals surface area (Å²) in [7, 11) is 2.98. The average Bonchev–Trinajstić information content (AvgIpc) is 3.36. The van der Waals surface area contributed by atoms with Crippen molar-refractivity contribution in [1.29, 1.82) is 0 Å². The number of carbonyl (C=O) groups excluding carboxylic acids is 1. The first-order valence-electron chi connectivity index (χ1n) is 12.4. The van der Waals surface area contributed by atoms with E-state index in [0.717, 1.165) is 52.0 Å². The number of amides is 1. The number of likely N-dealkylation sites (tertiary alicyclic amines) is 1. The molecule has 1 amide bonds. The van der Waals surface area contributed by atoms with Gasteiger partial charge in [-0.05, 0) is 79.1 Å². The van der Waals surface area contributed by atoms with Gasteiger partial charge in [-0.3, -0.25) is 0 Å². The summed E-state index contributed by atoms with van der Waals surface area (Å²) in [6.45, 7) is 6.67. The highest BCUT2D eigenvalue weighted by Crippen LogP contribution is 2.38. The second kappa shape index (κ2) is 10.4. The average molecular weight is 497 g/mol. The second-order valence-corrected chi connectivity index (χ2v) is 9.95. The zero-order valence-corrected chi connectivity index (χ0v) is 21.8. The number of nitrogens with one attached hydrogen (secondary N) is 1. The number of nitrogens with zero attached hydrogens (tertiary/aromatic N) is 1. The molecule has 0 radical (unpaired) electrons. The van der Waals surface area contributed by atoms with Crippen molar-refractivity contribution >= 4 is 17.7 Å². The monoisotopic (exact) mass is 496 g/mol. The highest BCUT2D eigenvalue weighted by Gasteiger charge is 2.52. The minimum Gasteiger partial charge on any atom is -0.496 e. The Labute approximate surface area is 212 Å². The van der Waals surface area contributed by atoms with Gasteiger partial charge in [-0.15, -0.1) is 0 Å². The molecule has 0 bridgehead atoms. The minimum absolute atomic E-state index is 0.0259. The van der Waals surface area contributed by atoms with E-state index in [4.69, 9.17) is 14.2 Å². The summed E-state index contributed by atoms with van der Waals surface area (Å²) >= 11 is 0. The van der Waals surface area contributed by atoms with E-state index >= 15 is 0 Å². The van der Waals surface area contributed by atoms with E-state index in [1.165, 1.54) is 24.9 Å². The van der Waals surface area contributed by atoms with E-state index in [2.05, 4.69) is 32.2 Å². The fourth-order valence-corrected chi connectivity index (χ4v) is 5.33. The predicted molar refractivity (Wildman–Crippen MR) is 138 cm³/mol. The van der Waals surface area contributed by atoms with Crippen LogP contribution in [0.15, 0.2) is 24.3 Å². The summed E-state index contributed by atoms with van der Waals surface area (Å²) in [5.74, 6) is -0.137. The Bertz CT molecular complexity index is 1150. The molecule has 1 heterocycles. The largest absolute Gasteiger partial charge is 0.496 e. The predicted octanol–water partition coefficient (Wildman–Crippen LogP) is 5.06. The van der Waals surface area contributed by atoms with Crippen LogP contribution in [0.3, 0.4) is 0 Å². The Morgan fingerprint density at radius 1 is 1.06 bits per heavy atom. The summed E-state index contributed by atoms with van der Waals surface area (Å²) in [5.41, 5.74) is 5.79. The van der Waals surface area contributed by atoms with Crippen LogP contribution in [0.2, 0.25) is 0 Å². The Morgan fingerprint density at radius 3 is 2.36 bits per heavy atom. The second-order valence-electron chi connectivity index (χ2n) is 9.95. The first kappa shape index (κ1) is 25.8. The number of rotatable bonds is 8. The van der Waals surface area contributed by atoms with Crippen LogP contribution < -0.4 is 10.1 Å². The smallest absolute Gasteiger partial charge is 0.409 e. The highest BCUT2D eigenvalue weighted by atomic mass is 16.5. The molecule has 0 atom stereocenters.